The van der Waals surface area contributed by atoms with E-state index >= 15 is 0 Å². The Kier molecular flexibility index (Phi) is 8.25. The van der Waals surface area contributed by atoms with Gasteiger partial charge in [0.15, 0.2) is 16.1 Å². The molecule has 0 saturated carbocycles. The van der Waals surface area contributed by atoms with E-state index in [4.69, 9.17) is 0 Å². The topological polar surface area (TPSA) is 0 Å². The average Bonchev–Trinajstić information content (AvgIpc) is 2.99. The van der Waals surface area contributed by atoms with Gasteiger partial charge in [-0.25, -0.2) is 0 Å². The van der Waals surface area contributed by atoms with Crippen LogP contribution in [0.25, 0.3) is 21.5 Å². The van der Waals surface area contributed by atoms with Crippen molar-refractivity contribution < 1.29 is 0 Å². The van der Waals surface area contributed by atoms with Crippen LogP contribution in [-0.2, 0) is 0 Å². The van der Waals surface area contributed by atoms with Crippen LogP contribution in [0, 0.1) is 46.6 Å². The SMILES string of the molecule is CC#Cc1cccc2cccc([Si](C)(C)C#Cc3ccc(C#C[Si](C)(C)c4cccc5cccc(C#CC)c45)cc3)c12. The summed E-state index contributed by atoms with van der Waals surface area (Å²) in [7, 11) is -4.14. The van der Waals surface area contributed by atoms with Crippen molar-refractivity contribution in [2.75, 3.05) is 0 Å². The molecule has 0 fully saturated rings. The lowest BCUT2D eigenvalue weighted by molar-refractivity contribution is 1.60. The molecule has 0 bridgehead atoms. The van der Waals surface area contributed by atoms with Crippen LogP contribution >= 0.6 is 0 Å². The lowest BCUT2D eigenvalue weighted by atomic mass is 10.0. The lowest BCUT2D eigenvalue weighted by Crippen LogP contribution is -2.41. The van der Waals surface area contributed by atoms with Crippen molar-refractivity contribution in [2.24, 2.45) is 0 Å². The zero-order valence-corrected chi connectivity index (χ0v) is 27.2. The fourth-order valence-electron chi connectivity index (χ4n) is 5.43. The third kappa shape index (κ3) is 5.98. The molecule has 0 N–H and O–H groups in total. The predicted molar refractivity (Wildman–Crippen MR) is 187 cm³/mol. The molecule has 2 heteroatoms. The molecule has 0 aliphatic carbocycles. The molecule has 5 aromatic rings. The highest BCUT2D eigenvalue weighted by atomic mass is 28.3. The summed E-state index contributed by atoms with van der Waals surface area (Å²) < 4.78 is 0. The van der Waals surface area contributed by atoms with E-state index in [0.717, 1.165) is 22.3 Å². The second-order valence-corrected chi connectivity index (χ2v) is 19.6. The third-order valence-corrected chi connectivity index (χ3v) is 12.6. The zero-order valence-electron chi connectivity index (χ0n) is 25.2. The van der Waals surface area contributed by atoms with Crippen molar-refractivity contribution in [1.82, 2.24) is 0 Å². The Morgan fingerprint density at radius 2 is 0.786 bits per heavy atom. The summed E-state index contributed by atoms with van der Waals surface area (Å²) in [5, 5.41) is 7.62. The highest BCUT2D eigenvalue weighted by Crippen LogP contribution is 2.21. The van der Waals surface area contributed by atoms with Crippen LogP contribution in [0.2, 0.25) is 26.2 Å². The molecule has 0 spiro atoms. The van der Waals surface area contributed by atoms with Gasteiger partial charge in [-0.1, -0.05) is 111 Å². The summed E-state index contributed by atoms with van der Waals surface area (Å²) in [5.74, 6) is 19.7. The molecule has 202 valence electrons. The van der Waals surface area contributed by atoms with Gasteiger partial charge in [0, 0.05) is 22.3 Å². The van der Waals surface area contributed by atoms with Crippen LogP contribution in [0.5, 0.6) is 0 Å². The van der Waals surface area contributed by atoms with Crippen molar-refractivity contribution in [3.05, 3.63) is 119 Å². The largest absolute Gasteiger partial charge is 0.163 e. The minimum Gasteiger partial charge on any atom is -0.121 e. The molecule has 0 atom stereocenters. The van der Waals surface area contributed by atoms with E-state index in [0.29, 0.717) is 0 Å². The second-order valence-electron chi connectivity index (χ2n) is 11.5. The van der Waals surface area contributed by atoms with Gasteiger partial charge < -0.3 is 0 Å². The van der Waals surface area contributed by atoms with Crippen LogP contribution in [0.3, 0.4) is 0 Å². The van der Waals surface area contributed by atoms with Gasteiger partial charge in [0.1, 0.15) is 0 Å². The molecule has 0 radical (unpaired) electrons. The Morgan fingerprint density at radius 3 is 1.14 bits per heavy atom. The van der Waals surface area contributed by atoms with Gasteiger partial charge in [-0.3, -0.25) is 0 Å². The molecule has 0 amide bonds. The molecule has 5 aromatic carbocycles. The van der Waals surface area contributed by atoms with Crippen LogP contribution in [0.15, 0.2) is 97.1 Å². The lowest BCUT2D eigenvalue weighted by Gasteiger charge is -2.19. The van der Waals surface area contributed by atoms with Crippen molar-refractivity contribution >= 4 is 48.1 Å². The minimum atomic E-state index is -2.07. The summed E-state index contributed by atoms with van der Waals surface area (Å²) in [6.45, 7) is 13.1. The number of fused-ring (bicyclic) bond motifs is 2. The van der Waals surface area contributed by atoms with Crippen LogP contribution in [0.4, 0.5) is 0 Å². The third-order valence-electron chi connectivity index (χ3n) is 7.60. The normalized spacial score (nSPS) is 10.8. The molecular formula is C40H34Si2. The Hall–Kier alpha value is -4.71. The first-order valence-electron chi connectivity index (χ1n) is 14.3. The van der Waals surface area contributed by atoms with Crippen molar-refractivity contribution in [2.45, 2.75) is 40.0 Å². The van der Waals surface area contributed by atoms with Crippen molar-refractivity contribution in [1.29, 1.82) is 0 Å². The van der Waals surface area contributed by atoms with Gasteiger partial charge >= 0.3 is 0 Å². The van der Waals surface area contributed by atoms with E-state index in [-0.39, 0.29) is 0 Å². The van der Waals surface area contributed by atoms with Gasteiger partial charge in [-0.15, -0.1) is 22.9 Å². The predicted octanol–water partition coefficient (Wildman–Crippen LogP) is 7.75. The van der Waals surface area contributed by atoms with Crippen LogP contribution in [0.1, 0.15) is 36.1 Å². The number of hydrogen-bond donors (Lipinski definition) is 0. The Bertz CT molecular complexity index is 1900. The Morgan fingerprint density at radius 1 is 0.429 bits per heavy atom. The van der Waals surface area contributed by atoms with Crippen molar-refractivity contribution in [3.8, 4) is 46.6 Å². The summed E-state index contributed by atoms with van der Waals surface area (Å²) >= 11 is 0. The van der Waals surface area contributed by atoms with Crippen molar-refractivity contribution in [3.63, 3.8) is 0 Å². The maximum Gasteiger partial charge on any atom is 0.163 e. The first kappa shape index (κ1) is 28.8. The second kappa shape index (κ2) is 12.0. The summed E-state index contributed by atoms with van der Waals surface area (Å²) in [6, 6.07) is 34.2. The maximum absolute atomic E-state index is 3.68. The molecule has 0 aliphatic rings. The molecule has 5 rings (SSSR count). The first-order valence-corrected chi connectivity index (χ1v) is 20.3. The summed E-state index contributed by atoms with van der Waals surface area (Å²) in [6.07, 6.45) is 0. The Balaban J connectivity index is 1.43. The molecule has 0 nitrogen and oxygen atoms in total. The summed E-state index contributed by atoms with van der Waals surface area (Å²) in [4.78, 5) is 0. The molecule has 0 aliphatic heterocycles. The van der Waals surface area contributed by atoms with Gasteiger partial charge in [-0.2, -0.15) is 0 Å². The monoisotopic (exact) mass is 570 g/mol. The van der Waals surface area contributed by atoms with E-state index < -0.39 is 16.1 Å². The van der Waals surface area contributed by atoms with Crippen LogP contribution in [-0.4, -0.2) is 16.1 Å². The maximum atomic E-state index is 3.68. The number of benzene rings is 5. The van der Waals surface area contributed by atoms with E-state index in [1.165, 1.54) is 31.9 Å². The van der Waals surface area contributed by atoms with Gasteiger partial charge in [0.05, 0.1) is 0 Å². The minimum absolute atomic E-state index is 1.02. The van der Waals surface area contributed by atoms with E-state index in [2.05, 4.69) is 170 Å². The average molecular weight is 571 g/mol. The van der Waals surface area contributed by atoms with Crippen LogP contribution < -0.4 is 10.4 Å². The number of rotatable bonds is 2. The van der Waals surface area contributed by atoms with E-state index in [1.54, 1.807) is 0 Å². The molecule has 0 heterocycles. The fraction of sp³-hybridized carbons (Fsp3) is 0.150. The molecular weight excluding hydrogens is 537 g/mol. The highest BCUT2D eigenvalue weighted by Gasteiger charge is 2.25. The molecule has 42 heavy (non-hydrogen) atoms. The number of hydrogen-bond acceptors (Lipinski definition) is 0. The molecule has 0 saturated heterocycles. The zero-order chi connectivity index (χ0) is 29.7. The van der Waals surface area contributed by atoms with E-state index in [9.17, 15) is 0 Å². The first-order chi connectivity index (χ1) is 20.2. The quantitative estimate of drug-likeness (QED) is 0.150. The van der Waals surface area contributed by atoms with Gasteiger partial charge in [-0.05, 0) is 82.2 Å². The smallest absolute Gasteiger partial charge is 0.121 e. The fourth-order valence-corrected chi connectivity index (χ4v) is 9.45. The molecule has 0 unspecified atom stereocenters. The highest BCUT2D eigenvalue weighted by molar-refractivity contribution is 6.98. The van der Waals surface area contributed by atoms with Gasteiger partial charge in [0.2, 0.25) is 0 Å². The molecule has 0 aromatic heterocycles. The Labute approximate surface area is 253 Å². The van der Waals surface area contributed by atoms with E-state index in [1.807, 2.05) is 13.8 Å². The van der Waals surface area contributed by atoms with Gasteiger partial charge in [0.25, 0.3) is 0 Å². The standard InChI is InChI=1S/C40H34Si2/c1-7-13-33-15-9-17-35-19-11-21-37(39(33)35)41(3,4)29-27-31-23-25-32(26-24-31)28-30-42(5,6)38-22-12-20-36-18-10-16-34(14-8-2)40(36)38/h9-12,15-26H,1-6H3. The summed E-state index contributed by atoms with van der Waals surface area (Å²) in [5.41, 5.74) is 11.6.